The molecule has 0 unspecified atom stereocenters. The van der Waals surface area contributed by atoms with Gasteiger partial charge in [-0.3, -0.25) is 9.78 Å². The maximum Gasteiger partial charge on any atom is 0.259 e. The van der Waals surface area contributed by atoms with Crippen LogP contribution in [0.15, 0.2) is 95.4 Å². The van der Waals surface area contributed by atoms with Crippen LogP contribution in [0.5, 0.6) is 0 Å². The lowest BCUT2D eigenvalue weighted by Crippen LogP contribution is -2.17. The average molecular weight is 387 g/mol. The van der Waals surface area contributed by atoms with Crippen LogP contribution in [-0.4, -0.2) is 25.7 Å². The lowest BCUT2D eigenvalue weighted by atomic mass is 10.2. The number of carbonyl (C=O) groups is 1. The van der Waals surface area contributed by atoms with Gasteiger partial charge in [-0.25, -0.2) is 9.67 Å². The van der Waals surface area contributed by atoms with Crippen LogP contribution in [0.25, 0.3) is 0 Å². The molecule has 7 heteroatoms. The van der Waals surface area contributed by atoms with E-state index in [1.165, 1.54) is 11.8 Å². The Morgan fingerprint density at radius 2 is 1.82 bits per heavy atom. The highest BCUT2D eigenvalue weighted by molar-refractivity contribution is 7.99. The van der Waals surface area contributed by atoms with E-state index in [4.69, 9.17) is 0 Å². The number of carbonyl (C=O) groups excluding carboxylic acids is 1. The molecule has 1 N–H and O–H groups in total. The van der Waals surface area contributed by atoms with Gasteiger partial charge in [0, 0.05) is 29.6 Å². The van der Waals surface area contributed by atoms with Gasteiger partial charge in [0.25, 0.3) is 5.91 Å². The van der Waals surface area contributed by atoms with Crippen LogP contribution in [0, 0.1) is 0 Å². The zero-order valence-corrected chi connectivity index (χ0v) is 15.7. The fourth-order valence-corrected chi connectivity index (χ4v) is 3.56. The van der Waals surface area contributed by atoms with E-state index in [9.17, 15) is 4.79 Å². The van der Waals surface area contributed by atoms with Crippen LogP contribution >= 0.6 is 11.8 Å². The summed E-state index contributed by atoms with van der Waals surface area (Å²) in [5.41, 5.74) is 1.52. The lowest BCUT2D eigenvalue weighted by molar-refractivity contribution is 0.102. The van der Waals surface area contributed by atoms with Crippen molar-refractivity contribution in [3.8, 4) is 0 Å². The Morgan fingerprint density at radius 3 is 2.64 bits per heavy atom. The molecule has 0 saturated heterocycles. The second-order valence-electron chi connectivity index (χ2n) is 5.96. The largest absolute Gasteiger partial charge is 0.307 e. The summed E-state index contributed by atoms with van der Waals surface area (Å²) in [4.78, 5) is 22.4. The zero-order valence-electron chi connectivity index (χ0n) is 14.9. The van der Waals surface area contributed by atoms with Gasteiger partial charge in [0.1, 0.15) is 10.8 Å². The van der Waals surface area contributed by atoms with Gasteiger partial charge in [-0.05, 0) is 35.9 Å². The smallest absolute Gasteiger partial charge is 0.259 e. The number of hydrogen-bond donors (Lipinski definition) is 1. The highest BCUT2D eigenvalue weighted by Gasteiger charge is 2.15. The monoisotopic (exact) mass is 387 g/mol. The molecule has 0 spiro atoms. The van der Waals surface area contributed by atoms with E-state index in [-0.39, 0.29) is 5.91 Å². The third kappa shape index (κ3) is 4.27. The third-order valence-electron chi connectivity index (χ3n) is 3.99. The van der Waals surface area contributed by atoms with Gasteiger partial charge in [0.05, 0.1) is 18.3 Å². The van der Waals surface area contributed by atoms with E-state index in [0.29, 0.717) is 23.0 Å². The summed E-state index contributed by atoms with van der Waals surface area (Å²) in [6, 6.07) is 19.0. The van der Waals surface area contributed by atoms with E-state index in [0.717, 1.165) is 10.5 Å². The molecular formula is C21H17N5OS. The van der Waals surface area contributed by atoms with E-state index in [1.54, 1.807) is 47.7 Å². The normalized spacial score (nSPS) is 10.6. The number of benzene rings is 1. The molecule has 0 aliphatic carbocycles. The summed E-state index contributed by atoms with van der Waals surface area (Å²) in [6.07, 6.45) is 6.86. The van der Waals surface area contributed by atoms with Gasteiger partial charge in [0.15, 0.2) is 0 Å². The number of nitrogens with zero attached hydrogens (tertiary/aromatic N) is 4. The predicted octanol–water partition coefficient (Wildman–Crippen LogP) is 4.12. The summed E-state index contributed by atoms with van der Waals surface area (Å²) in [5, 5.41) is 7.90. The van der Waals surface area contributed by atoms with Crippen molar-refractivity contribution in [1.29, 1.82) is 0 Å². The van der Waals surface area contributed by atoms with Gasteiger partial charge < -0.3 is 5.32 Å². The van der Waals surface area contributed by atoms with Crippen LogP contribution in [0.1, 0.15) is 15.9 Å². The van der Waals surface area contributed by atoms with E-state index < -0.39 is 0 Å². The maximum absolute atomic E-state index is 12.9. The molecule has 1 amide bonds. The molecule has 3 heterocycles. The minimum Gasteiger partial charge on any atom is -0.307 e. The van der Waals surface area contributed by atoms with Crippen LogP contribution in [0.3, 0.4) is 0 Å². The van der Waals surface area contributed by atoms with Gasteiger partial charge in [-0.2, -0.15) is 5.10 Å². The Labute approximate surface area is 166 Å². The standard InChI is InChI=1S/C21H17N5OS/c27-20(18-9-5-12-23-21(18)28-17-7-2-1-3-8-17)25-19-10-13-24-26(19)15-16-6-4-11-22-14-16/h1-14H,15H2,(H,25,27). The van der Waals surface area contributed by atoms with Crippen molar-refractivity contribution in [2.24, 2.45) is 0 Å². The van der Waals surface area contributed by atoms with Gasteiger partial charge in [0.2, 0.25) is 0 Å². The van der Waals surface area contributed by atoms with Crippen LogP contribution in [-0.2, 0) is 6.54 Å². The van der Waals surface area contributed by atoms with Crippen molar-refractivity contribution in [1.82, 2.24) is 19.7 Å². The third-order valence-corrected chi connectivity index (χ3v) is 5.01. The molecule has 28 heavy (non-hydrogen) atoms. The van der Waals surface area contributed by atoms with E-state index in [2.05, 4.69) is 20.4 Å². The maximum atomic E-state index is 12.9. The van der Waals surface area contributed by atoms with Crippen LogP contribution < -0.4 is 5.32 Å². The predicted molar refractivity (Wildman–Crippen MR) is 108 cm³/mol. The summed E-state index contributed by atoms with van der Waals surface area (Å²) in [7, 11) is 0. The number of amides is 1. The Bertz CT molecular complexity index is 1070. The molecule has 6 nitrogen and oxygen atoms in total. The molecule has 0 bridgehead atoms. The summed E-state index contributed by atoms with van der Waals surface area (Å²) in [5.74, 6) is 0.396. The fourth-order valence-electron chi connectivity index (χ4n) is 2.66. The van der Waals surface area contributed by atoms with Gasteiger partial charge in [-0.15, -0.1) is 0 Å². The molecule has 0 saturated carbocycles. The van der Waals surface area contributed by atoms with Gasteiger partial charge in [-0.1, -0.05) is 36.0 Å². The number of nitrogens with one attached hydrogen (secondary N) is 1. The first-order valence-electron chi connectivity index (χ1n) is 8.69. The number of hydrogen-bond acceptors (Lipinski definition) is 5. The molecule has 0 atom stereocenters. The summed E-state index contributed by atoms with van der Waals surface area (Å²) >= 11 is 1.46. The van der Waals surface area contributed by atoms with Crippen molar-refractivity contribution in [3.05, 3.63) is 96.6 Å². The first-order valence-corrected chi connectivity index (χ1v) is 9.51. The Balaban J connectivity index is 1.53. The molecule has 138 valence electrons. The Hall–Kier alpha value is -3.45. The molecule has 3 aromatic heterocycles. The van der Waals surface area contributed by atoms with Crippen molar-refractivity contribution in [2.45, 2.75) is 16.5 Å². The quantitative estimate of drug-likeness (QED) is 0.539. The average Bonchev–Trinajstić information content (AvgIpc) is 3.16. The van der Waals surface area contributed by atoms with E-state index in [1.807, 2.05) is 42.5 Å². The molecular weight excluding hydrogens is 370 g/mol. The topological polar surface area (TPSA) is 72.7 Å². The SMILES string of the molecule is O=C(Nc1ccnn1Cc1cccnc1)c1cccnc1Sc1ccccc1. The van der Waals surface area contributed by atoms with Crippen molar-refractivity contribution in [2.75, 3.05) is 5.32 Å². The van der Waals surface area contributed by atoms with Gasteiger partial charge >= 0.3 is 0 Å². The minimum absolute atomic E-state index is 0.223. The Morgan fingerprint density at radius 1 is 0.964 bits per heavy atom. The molecule has 4 aromatic rings. The minimum atomic E-state index is -0.223. The molecule has 0 aliphatic heterocycles. The molecule has 4 rings (SSSR count). The second-order valence-corrected chi connectivity index (χ2v) is 7.02. The first kappa shape index (κ1) is 17.9. The van der Waals surface area contributed by atoms with Crippen LogP contribution in [0.2, 0.25) is 0 Å². The molecule has 0 radical (unpaired) electrons. The first-order chi connectivity index (χ1) is 13.8. The lowest BCUT2D eigenvalue weighted by Gasteiger charge is -2.11. The summed E-state index contributed by atoms with van der Waals surface area (Å²) in [6.45, 7) is 0.523. The number of rotatable bonds is 6. The van der Waals surface area contributed by atoms with Crippen molar-refractivity contribution in [3.63, 3.8) is 0 Å². The number of pyridine rings is 2. The van der Waals surface area contributed by atoms with E-state index >= 15 is 0 Å². The Kier molecular flexibility index (Phi) is 5.44. The van der Waals surface area contributed by atoms with Crippen molar-refractivity contribution >= 4 is 23.5 Å². The molecule has 0 fully saturated rings. The number of anilines is 1. The number of aromatic nitrogens is 4. The molecule has 1 aromatic carbocycles. The zero-order chi connectivity index (χ0) is 19.2. The highest BCUT2D eigenvalue weighted by atomic mass is 32.2. The van der Waals surface area contributed by atoms with Crippen LogP contribution in [0.4, 0.5) is 5.82 Å². The highest BCUT2D eigenvalue weighted by Crippen LogP contribution is 2.28. The molecule has 0 aliphatic rings. The fraction of sp³-hybridized carbons (Fsp3) is 0.0476. The van der Waals surface area contributed by atoms with Crippen molar-refractivity contribution < 1.29 is 4.79 Å². The second kappa shape index (κ2) is 8.49. The summed E-state index contributed by atoms with van der Waals surface area (Å²) < 4.78 is 1.73.